The number of likely N-dealkylation sites (N-methyl/N-ethyl adjacent to an activating group) is 1. The number of carbonyl (C=O) groups is 1. The Balaban J connectivity index is 1.98. The van der Waals surface area contributed by atoms with E-state index in [2.05, 4.69) is 0 Å². The van der Waals surface area contributed by atoms with Crippen molar-refractivity contribution in [3.05, 3.63) is 78.9 Å². The van der Waals surface area contributed by atoms with Crippen molar-refractivity contribution >= 4 is 29.3 Å². The van der Waals surface area contributed by atoms with E-state index in [1.807, 2.05) is 4.90 Å². The van der Waals surface area contributed by atoms with Gasteiger partial charge in [-0.05, 0) is 42.5 Å². The van der Waals surface area contributed by atoms with Crippen LogP contribution in [0.4, 0.5) is 11.4 Å². The molecular formula is C20H17N3O7. The van der Waals surface area contributed by atoms with Crippen LogP contribution in [0.25, 0.3) is 12.2 Å². The highest BCUT2D eigenvalue weighted by atomic mass is 16.6. The number of phenols is 2. The Labute approximate surface area is 170 Å². The van der Waals surface area contributed by atoms with Gasteiger partial charge >= 0.3 is 11.4 Å². The fraction of sp³-hybridized carbons (Fsp3) is 0.150. The van der Waals surface area contributed by atoms with Crippen molar-refractivity contribution in [2.75, 3.05) is 20.1 Å². The molecule has 0 bridgehead atoms. The lowest BCUT2D eigenvalue weighted by Crippen LogP contribution is -2.34. The zero-order valence-electron chi connectivity index (χ0n) is 15.8. The number of carbonyl (C=O) groups excluding carboxylic acids is 1. The molecule has 2 aromatic rings. The van der Waals surface area contributed by atoms with Crippen molar-refractivity contribution in [1.82, 2.24) is 4.90 Å². The van der Waals surface area contributed by atoms with Gasteiger partial charge in [-0.1, -0.05) is 12.1 Å². The largest absolute Gasteiger partial charge is 0.502 e. The quantitative estimate of drug-likeness (QED) is 0.443. The molecule has 1 aliphatic heterocycles. The van der Waals surface area contributed by atoms with E-state index in [0.29, 0.717) is 35.4 Å². The Morgan fingerprint density at radius 2 is 1.27 bits per heavy atom. The van der Waals surface area contributed by atoms with E-state index in [-0.39, 0.29) is 5.78 Å². The molecule has 0 aromatic heterocycles. The lowest BCUT2D eigenvalue weighted by molar-refractivity contribution is -0.386. The fourth-order valence-electron chi connectivity index (χ4n) is 3.17. The van der Waals surface area contributed by atoms with Gasteiger partial charge in [0.1, 0.15) is 0 Å². The van der Waals surface area contributed by atoms with Crippen LogP contribution in [0.3, 0.4) is 0 Å². The molecule has 1 fully saturated rings. The maximum absolute atomic E-state index is 12.9. The van der Waals surface area contributed by atoms with Crippen LogP contribution in [0, 0.1) is 20.2 Å². The second-order valence-corrected chi connectivity index (χ2v) is 6.85. The van der Waals surface area contributed by atoms with Gasteiger partial charge in [-0.25, -0.2) is 0 Å². The Kier molecular flexibility index (Phi) is 5.61. The van der Waals surface area contributed by atoms with Gasteiger partial charge in [0.15, 0.2) is 17.3 Å². The average Bonchev–Trinajstić information content (AvgIpc) is 2.68. The summed E-state index contributed by atoms with van der Waals surface area (Å²) in [6.45, 7) is 0.612. The van der Waals surface area contributed by atoms with Gasteiger partial charge in [-0.3, -0.25) is 29.9 Å². The molecule has 2 N–H and O–H groups in total. The van der Waals surface area contributed by atoms with Gasteiger partial charge in [0.25, 0.3) is 0 Å². The molecule has 30 heavy (non-hydrogen) atoms. The first kappa shape index (κ1) is 20.7. The van der Waals surface area contributed by atoms with E-state index in [4.69, 9.17) is 0 Å². The van der Waals surface area contributed by atoms with E-state index in [0.717, 1.165) is 0 Å². The van der Waals surface area contributed by atoms with Crippen molar-refractivity contribution in [2.24, 2.45) is 0 Å². The summed E-state index contributed by atoms with van der Waals surface area (Å²) in [6.07, 6.45) is 3.02. The number of piperidine rings is 1. The molecular weight excluding hydrogens is 394 g/mol. The molecule has 0 amide bonds. The Morgan fingerprint density at radius 3 is 1.63 bits per heavy atom. The minimum absolute atomic E-state index is 0.292. The molecule has 1 aliphatic rings. The third-order valence-corrected chi connectivity index (χ3v) is 4.54. The van der Waals surface area contributed by atoms with Crippen molar-refractivity contribution in [3.8, 4) is 11.5 Å². The van der Waals surface area contributed by atoms with Crippen LogP contribution < -0.4 is 0 Å². The molecule has 10 nitrogen and oxygen atoms in total. The van der Waals surface area contributed by atoms with Crippen LogP contribution in [-0.2, 0) is 4.79 Å². The fourth-order valence-corrected chi connectivity index (χ4v) is 3.17. The van der Waals surface area contributed by atoms with Gasteiger partial charge < -0.3 is 10.2 Å². The molecule has 0 radical (unpaired) electrons. The smallest absolute Gasteiger partial charge is 0.311 e. The number of nitro groups is 2. The second-order valence-electron chi connectivity index (χ2n) is 6.85. The molecule has 0 saturated carbocycles. The Bertz CT molecular complexity index is 1040. The molecule has 0 atom stereocenters. The van der Waals surface area contributed by atoms with Gasteiger partial charge in [-0.15, -0.1) is 0 Å². The summed E-state index contributed by atoms with van der Waals surface area (Å²) >= 11 is 0. The number of ketones is 1. The van der Waals surface area contributed by atoms with Crippen LogP contribution in [0.15, 0.2) is 47.5 Å². The summed E-state index contributed by atoms with van der Waals surface area (Å²) in [5, 5.41) is 41.2. The lowest BCUT2D eigenvalue weighted by Gasteiger charge is -2.26. The van der Waals surface area contributed by atoms with Gasteiger partial charge in [0, 0.05) is 36.4 Å². The highest BCUT2D eigenvalue weighted by molar-refractivity contribution is 6.14. The predicted octanol–water partition coefficient (Wildman–Crippen LogP) is 2.90. The third kappa shape index (κ3) is 4.33. The molecule has 3 rings (SSSR count). The number of hydrogen-bond acceptors (Lipinski definition) is 8. The Hall–Kier alpha value is -4.05. The number of phenolic OH excluding ortho intramolecular Hbond substituents is 2. The number of Topliss-reactive ketones (excluding diaryl/α,β-unsaturated/α-hetero) is 1. The van der Waals surface area contributed by atoms with E-state index >= 15 is 0 Å². The van der Waals surface area contributed by atoms with Gasteiger partial charge in [-0.2, -0.15) is 0 Å². The summed E-state index contributed by atoms with van der Waals surface area (Å²) in [4.78, 5) is 35.4. The standard InChI is InChI=1S/C20H17N3O7/c1-21-10-14(6-12-2-4-18(24)16(8-12)22(27)28)20(26)15(11-21)7-13-3-5-19(25)17(9-13)23(29)30/h2-9,24-25H,10-11H2,1H3/b14-6+,15-7+. The summed E-state index contributed by atoms with van der Waals surface area (Å²) in [6, 6.07) is 7.66. The van der Waals surface area contributed by atoms with Crippen molar-refractivity contribution in [2.45, 2.75) is 0 Å². The molecule has 2 aromatic carbocycles. The normalized spacial score (nSPS) is 17.4. The van der Waals surface area contributed by atoms with E-state index < -0.39 is 32.7 Å². The van der Waals surface area contributed by atoms with Crippen molar-refractivity contribution in [3.63, 3.8) is 0 Å². The maximum atomic E-state index is 12.9. The van der Waals surface area contributed by atoms with Crippen LogP contribution in [0.1, 0.15) is 11.1 Å². The monoisotopic (exact) mass is 411 g/mol. The molecule has 154 valence electrons. The number of nitro benzene ring substituents is 2. The summed E-state index contributed by atoms with van der Waals surface area (Å²) < 4.78 is 0. The Morgan fingerprint density at radius 1 is 0.867 bits per heavy atom. The predicted molar refractivity (Wildman–Crippen MR) is 108 cm³/mol. The second kappa shape index (κ2) is 8.13. The topological polar surface area (TPSA) is 147 Å². The van der Waals surface area contributed by atoms with Crippen LogP contribution in [-0.4, -0.2) is 50.9 Å². The highest BCUT2D eigenvalue weighted by Crippen LogP contribution is 2.30. The van der Waals surface area contributed by atoms with E-state index in [1.165, 1.54) is 48.6 Å². The first-order valence-electron chi connectivity index (χ1n) is 8.75. The molecule has 10 heteroatoms. The zero-order valence-corrected chi connectivity index (χ0v) is 15.8. The summed E-state index contributed by atoms with van der Waals surface area (Å²) in [7, 11) is 1.78. The number of aromatic hydroxyl groups is 2. The lowest BCUT2D eigenvalue weighted by atomic mass is 9.94. The maximum Gasteiger partial charge on any atom is 0.311 e. The molecule has 0 unspecified atom stereocenters. The molecule has 0 spiro atoms. The molecule has 1 heterocycles. The molecule has 0 aliphatic carbocycles. The number of likely N-dealkylation sites (tertiary alicyclic amines) is 1. The first-order valence-corrected chi connectivity index (χ1v) is 8.75. The van der Waals surface area contributed by atoms with Crippen LogP contribution in [0.2, 0.25) is 0 Å². The van der Waals surface area contributed by atoms with Crippen LogP contribution >= 0.6 is 0 Å². The van der Waals surface area contributed by atoms with Crippen LogP contribution in [0.5, 0.6) is 11.5 Å². The minimum atomic E-state index is -0.713. The summed E-state index contributed by atoms with van der Waals surface area (Å²) in [5.41, 5.74) is 0.600. The first-order chi connectivity index (χ1) is 14.2. The van der Waals surface area contributed by atoms with Crippen molar-refractivity contribution in [1.29, 1.82) is 0 Å². The van der Waals surface area contributed by atoms with Gasteiger partial charge in [0.2, 0.25) is 0 Å². The third-order valence-electron chi connectivity index (χ3n) is 4.54. The number of hydrogen-bond donors (Lipinski definition) is 2. The zero-order chi connectivity index (χ0) is 22.0. The number of rotatable bonds is 4. The van der Waals surface area contributed by atoms with Crippen molar-refractivity contribution < 1.29 is 24.9 Å². The highest BCUT2D eigenvalue weighted by Gasteiger charge is 2.25. The SMILES string of the molecule is CN1C/C(=C\c2ccc(O)c([N+](=O)[O-])c2)C(=O)/C(=C/c2ccc(O)c([N+](=O)[O-])c2)C1. The average molecular weight is 411 g/mol. The minimum Gasteiger partial charge on any atom is -0.502 e. The van der Waals surface area contributed by atoms with E-state index in [1.54, 1.807) is 7.05 Å². The van der Waals surface area contributed by atoms with E-state index in [9.17, 15) is 35.2 Å². The number of benzene rings is 2. The molecule has 1 saturated heterocycles. The number of nitrogens with zero attached hydrogens (tertiary/aromatic N) is 3. The summed E-state index contributed by atoms with van der Waals surface area (Å²) in [5.74, 6) is -1.23. The van der Waals surface area contributed by atoms with Gasteiger partial charge in [0.05, 0.1) is 9.85 Å².